The highest BCUT2D eigenvalue weighted by Gasteiger charge is 2.29. The predicted octanol–water partition coefficient (Wildman–Crippen LogP) is 2.32. The number of aromatic nitrogens is 1. The molecule has 1 unspecified atom stereocenters. The summed E-state index contributed by atoms with van der Waals surface area (Å²) in [6, 6.07) is 7.34. The van der Waals surface area contributed by atoms with Gasteiger partial charge >= 0.3 is 0 Å². The highest BCUT2D eigenvalue weighted by Crippen LogP contribution is 2.24. The Morgan fingerprint density at radius 2 is 2.08 bits per heavy atom. The van der Waals surface area contributed by atoms with E-state index in [0.29, 0.717) is 49.6 Å². The molecule has 140 valence electrons. The van der Waals surface area contributed by atoms with Crippen molar-refractivity contribution in [1.29, 1.82) is 0 Å². The van der Waals surface area contributed by atoms with Crippen LogP contribution in [0.15, 0.2) is 34.9 Å². The maximum atomic E-state index is 13.0. The number of piperidine rings is 1. The van der Waals surface area contributed by atoms with E-state index in [1.54, 1.807) is 6.07 Å². The second-order valence-electron chi connectivity index (χ2n) is 6.56. The van der Waals surface area contributed by atoms with Crippen LogP contribution in [0.2, 0.25) is 0 Å². The molecule has 6 nitrogen and oxygen atoms in total. The summed E-state index contributed by atoms with van der Waals surface area (Å²) >= 11 is 0. The minimum Gasteiger partial charge on any atom is -0.479 e. The highest BCUT2D eigenvalue weighted by atomic mass is 19.1. The van der Waals surface area contributed by atoms with Crippen LogP contribution in [0.5, 0.6) is 5.88 Å². The largest absolute Gasteiger partial charge is 0.479 e. The number of methoxy groups -OCH3 is 1. The Labute approximate surface area is 151 Å². The number of benzene rings is 1. The van der Waals surface area contributed by atoms with Gasteiger partial charge in [-0.25, -0.2) is 4.39 Å². The summed E-state index contributed by atoms with van der Waals surface area (Å²) in [5.41, 5.74) is 0.553. The van der Waals surface area contributed by atoms with E-state index in [1.807, 2.05) is 0 Å². The van der Waals surface area contributed by atoms with Crippen LogP contribution in [0.25, 0.3) is 0 Å². The van der Waals surface area contributed by atoms with Gasteiger partial charge in [0.2, 0.25) is 0 Å². The zero-order valence-electron chi connectivity index (χ0n) is 14.7. The molecule has 1 saturated heterocycles. The zero-order chi connectivity index (χ0) is 18.5. The smallest absolute Gasteiger partial charge is 0.254 e. The molecule has 0 radical (unpaired) electrons. The number of hydrogen-bond donors (Lipinski definition) is 1. The molecule has 26 heavy (non-hydrogen) atoms. The number of hydrogen-bond acceptors (Lipinski definition) is 6. The topological polar surface area (TPSA) is 75.8 Å². The van der Waals surface area contributed by atoms with Gasteiger partial charge in [0.05, 0.1) is 13.7 Å². The van der Waals surface area contributed by atoms with E-state index in [4.69, 9.17) is 9.26 Å². The summed E-state index contributed by atoms with van der Waals surface area (Å²) in [6.45, 7) is 1.43. The number of likely N-dealkylation sites (tertiary alicyclic amines) is 1. The highest BCUT2D eigenvalue weighted by molar-refractivity contribution is 5.97. The van der Waals surface area contributed by atoms with E-state index in [0.717, 1.165) is 0 Å². The Hall–Kier alpha value is -2.25. The van der Waals surface area contributed by atoms with E-state index >= 15 is 0 Å². The van der Waals surface area contributed by atoms with Crippen LogP contribution >= 0.6 is 0 Å². The number of Topliss-reactive ketones (excluding diaryl/α,β-unsaturated/α-hetero) is 1. The van der Waals surface area contributed by atoms with Crippen LogP contribution in [-0.4, -0.2) is 53.8 Å². The van der Waals surface area contributed by atoms with Gasteiger partial charge in [-0.2, -0.15) is 0 Å². The van der Waals surface area contributed by atoms with Gasteiger partial charge in [0, 0.05) is 30.0 Å². The first-order chi connectivity index (χ1) is 12.6. The van der Waals surface area contributed by atoms with Gasteiger partial charge in [0.25, 0.3) is 5.88 Å². The normalized spacial score (nSPS) is 17.2. The van der Waals surface area contributed by atoms with Gasteiger partial charge < -0.3 is 14.4 Å². The Morgan fingerprint density at radius 3 is 2.65 bits per heavy atom. The minimum absolute atomic E-state index is 0.000406. The van der Waals surface area contributed by atoms with Crippen LogP contribution in [0.1, 0.15) is 29.0 Å². The van der Waals surface area contributed by atoms with E-state index in [-0.39, 0.29) is 30.2 Å². The molecule has 0 amide bonds. The van der Waals surface area contributed by atoms with E-state index in [2.05, 4.69) is 10.1 Å². The van der Waals surface area contributed by atoms with Crippen molar-refractivity contribution in [2.24, 2.45) is 5.92 Å². The number of aliphatic hydroxyl groups excluding tert-OH is 1. The first-order valence-corrected chi connectivity index (χ1v) is 8.75. The Kier molecular flexibility index (Phi) is 6.00. The number of halogens is 1. The van der Waals surface area contributed by atoms with E-state index < -0.39 is 0 Å². The SMILES string of the molecule is COc1cc(CC(CO)N2CCC(C(=O)c3ccc(F)cc3)CC2)on1. The van der Waals surface area contributed by atoms with Crippen molar-refractivity contribution in [2.45, 2.75) is 25.3 Å². The third kappa shape index (κ3) is 4.28. The Bertz CT molecular complexity index is 723. The fourth-order valence-electron chi connectivity index (χ4n) is 3.40. The number of ketones is 1. The standard InChI is InChI=1S/C19H23FN2O4/c1-25-18-11-17(26-21-18)10-16(12-23)22-8-6-14(7-9-22)19(24)13-2-4-15(20)5-3-13/h2-5,11,14,16,23H,6-10,12H2,1H3. The lowest BCUT2D eigenvalue weighted by Crippen LogP contribution is -2.45. The number of carbonyl (C=O) groups is 1. The molecular formula is C19H23FN2O4. The zero-order valence-corrected chi connectivity index (χ0v) is 14.7. The van der Waals surface area contributed by atoms with Crippen molar-refractivity contribution in [3.05, 3.63) is 47.5 Å². The Balaban J connectivity index is 1.56. The molecule has 0 spiro atoms. The molecule has 3 rings (SSSR count). The Morgan fingerprint density at radius 1 is 1.38 bits per heavy atom. The molecule has 1 atom stereocenters. The quantitative estimate of drug-likeness (QED) is 0.762. The van der Waals surface area contributed by atoms with Crippen molar-refractivity contribution in [1.82, 2.24) is 10.1 Å². The van der Waals surface area contributed by atoms with Gasteiger partial charge in [-0.3, -0.25) is 9.69 Å². The van der Waals surface area contributed by atoms with Crippen LogP contribution in [-0.2, 0) is 6.42 Å². The predicted molar refractivity (Wildman–Crippen MR) is 92.7 cm³/mol. The van der Waals surface area contributed by atoms with Gasteiger partial charge in [0.15, 0.2) is 5.78 Å². The maximum Gasteiger partial charge on any atom is 0.254 e. The maximum absolute atomic E-state index is 13.0. The molecule has 0 bridgehead atoms. The number of ether oxygens (including phenoxy) is 1. The average molecular weight is 362 g/mol. The summed E-state index contributed by atoms with van der Waals surface area (Å²) in [4.78, 5) is 14.7. The number of nitrogens with zero attached hydrogens (tertiary/aromatic N) is 2. The fraction of sp³-hybridized carbons (Fsp3) is 0.474. The van der Waals surface area contributed by atoms with Crippen LogP contribution in [0, 0.1) is 11.7 Å². The molecular weight excluding hydrogens is 339 g/mol. The monoisotopic (exact) mass is 362 g/mol. The van der Waals surface area contributed by atoms with Crippen LogP contribution < -0.4 is 4.74 Å². The summed E-state index contributed by atoms with van der Waals surface area (Å²) in [7, 11) is 1.52. The second kappa shape index (κ2) is 8.42. The first-order valence-electron chi connectivity index (χ1n) is 8.75. The fourth-order valence-corrected chi connectivity index (χ4v) is 3.40. The van der Waals surface area contributed by atoms with Crippen molar-refractivity contribution < 1.29 is 23.6 Å². The van der Waals surface area contributed by atoms with Gasteiger partial charge in [-0.05, 0) is 55.4 Å². The van der Waals surface area contributed by atoms with Crippen molar-refractivity contribution in [3.63, 3.8) is 0 Å². The van der Waals surface area contributed by atoms with Crippen LogP contribution in [0.4, 0.5) is 4.39 Å². The third-order valence-electron chi connectivity index (χ3n) is 4.94. The minimum atomic E-state index is -0.341. The number of rotatable bonds is 7. The van der Waals surface area contributed by atoms with Gasteiger partial charge in [-0.1, -0.05) is 0 Å². The second-order valence-corrected chi connectivity index (χ2v) is 6.56. The molecule has 0 aliphatic carbocycles. The lowest BCUT2D eigenvalue weighted by atomic mass is 9.88. The number of carbonyl (C=O) groups excluding carboxylic acids is 1. The number of aliphatic hydroxyl groups is 1. The summed E-state index contributed by atoms with van der Waals surface area (Å²) in [5.74, 6) is 0.725. The third-order valence-corrected chi connectivity index (χ3v) is 4.94. The van der Waals surface area contributed by atoms with Gasteiger partial charge in [-0.15, -0.1) is 0 Å². The van der Waals surface area contributed by atoms with Crippen molar-refractivity contribution in [2.75, 3.05) is 26.8 Å². The van der Waals surface area contributed by atoms with Crippen molar-refractivity contribution >= 4 is 5.78 Å². The molecule has 1 aliphatic rings. The molecule has 1 fully saturated rings. The lowest BCUT2D eigenvalue weighted by molar-refractivity contribution is 0.0673. The van der Waals surface area contributed by atoms with Crippen molar-refractivity contribution in [3.8, 4) is 5.88 Å². The molecule has 1 aliphatic heterocycles. The van der Waals surface area contributed by atoms with Gasteiger partial charge in [0.1, 0.15) is 11.6 Å². The summed E-state index contributed by atoms with van der Waals surface area (Å²) < 4.78 is 23.2. The first kappa shape index (κ1) is 18.5. The lowest BCUT2D eigenvalue weighted by Gasteiger charge is -2.36. The molecule has 1 N–H and O–H groups in total. The molecule has 2 aromatic rings. The summed E-state index contributed by atoms with van der Waals surface area (Å²) in [5, 5.41) is 13.5. The van der Waals surface area contributed by atoms with Crippen LogP contribution in [0.3, 0.4) is 0 Å². The summed E-state index contributed by atoms with van der Waals surface area (Å²) in [6.07, 6.45) is 1.96. The average Bonchev–Trinajstić information content (AvgIpc) is 3.14. The molecule has 1 aromatic carbocycles. The van der Waals surface area contributed by atoms with E-state index in [9.17, 15) is 14.3 Å². The molecule has 2 heterocycles. The molecule has 7 heteroatoms. The molecule has 1 aromatic heterocycles. The van der Waals surface area contributed by atoms with E-state index in [1.165, 1.54) is 31.4 Å². The molecule has 0 saturated carbocycles.